The van der Waals surface area contributed by atoms with E-state index in [2.05, 4.69) is 9.97 Å². The van der Waals surface area contributed by atoms with Gasteiger partial charge in [0.1, 0.15) is 11.6 Å². The van der Waals surface area contributed by atoms with E-state index >= 15 is 0 Å². The number of H-pyrrole nitrogens is 2. The van der Waals surface area contributed by atoms with Gasteiger partial charge in [0.15, 0.2) is 0 Å². The summed E-state index contributed by atoms with van der Waals surface area (Å²) < 4.78 is 68.8. The van der Waals surface area contributed by atoms with E-state index in [1.807, 2.05) is 0 Å². The molecule has 3 aromatic carbocycles. The fourth-order valence-corrected chi connectivity index (χ4v) is 4.18. The van der Waals surface area contributed by atoms with Crippen LogP contribution in [0.15, 0.2) is 73.1 Å². The van der Waals surface area contributed by atoms with Crippen molar-refractivity contribution in [3.8, 4) is 0 Å². The Kier molecular flexibility index (Phi) is 4.36. The first-order valence-corrected chi connectivity index (χ1v) is 9.53. The molecule has 7 heteroatoms. The van der Waals surface area contributed by atoms with E-state index in [1.54, 1.807) is 36.7 Å². The SMILES string of the molecule is Fc1cccc2[nH]cc(C(c3ccc(C(F)(F)F)cc3)c3c[nH]c4cccc(F)c34)c12. The number of aromatic nitrogens is 2. The monoisotopic (exact) mass is 426 g/mol. The summed E-state index contributed by atoms with van der Waals surface area (Å²) in [4.78, 5) is 6.03. The number of rotatable bonds is 3. The van der Waals surface area contributed by atoms with E-state index in [-0.39, 0.29) is 0 Å². The zero-order valence-corrected chi connectivity index (χ0v) is 15.9. The molecule has 0 aliphatic heterocycles. The summed E-state index contributed by atoms with van der Waals surface area (Å²) in [5.74, 6) is -1.63. The van der Waals surface area contributed by atoms with Gasteiger partial charge in [0, 0.05) is 40.1 Å². The number of aromatic amines is 2. The van der Waals surface area contributed by atoms with Crippen LogP contribution in [0.3, 0.4) is 0 Å². The highest BCUT2D eigenvalue weighted by molar-refractivity contribution is 5.89. The maximum Gasteiger partial charge on any atom is 0.416 e. The van der Waals surface area contributed by atoms with E-state index in [1.165, 1.54) is 24.3 Å². The molecular weight excluding hydrogens is 411 g/mol. The number of fused-ring (bicyclic) bond motifs is 2. The minimum atomic E-state index is -4.48. The number of hydrogen-bond donors (Lipinski definition) is 2. The number of alkyl halides is 3. The molecule has 0 aliphatic rings. The highest BCUT2D eigenvalue weighted by Gasteiger charge is 2.31. The lowest BCUT2D eigenvalue weighted by Gasteiger charge is -2.18. The van der Waals surface area contributed by atoms with Gasteiger partial charge in [-0.2, -0.15) is 13.2 Å². The molecule has 2 nitrogen and oxygen atoms in total. The van der Waals surface area contributed by atoms with Crippen molar-refractivity contribution >= 4 is 21.8 Å². The predicted octanol–water partition coefficient (Wildman–Crippen LogP) is 7.13. The van der Waals surface area contributed by atoms with Crippen molar-refractivity contribution in [1.82, 2.24) is 9.97 Å². The number of nitrogens with one attached hydrogen (secondary N) is 2. The predicted molar refractivity (Wildman–Crippen MR) is 109 cm³/mol. The molecule has 0 radical (unpaired) electrons. The Labute approximate surface area is 173 Å². The fraction of sp³-hybridized carbons (Fsp3) is 0.0833. The van der Waals surface area contributed by atoms with Gasteiger partial charge >= 0.3 is 6.18 Å². The molecule has 5 rings (SSSR count). The van der Waals surface area contributed by atoms with Crippen molar-refractivity contribution in [2.24, 2.45) is 0 Å². The summed E-state index contributed by atoms with van der Waals surface area (Å²) in [7, 11) is 0. The smallest absolute Gasteiger partial charge is 0.361 e. The Morgan fingerprint density at radius 3 is 1.58 bits per heavy atom. The van der Waals surface area contributed by atoms with Gasteiger partial charge in [-0.05, 0) is 53.1 Å². The Morgan fingerprint density at radius 2 is 1.13 bits per heavy atom. The van der Waals surface area contributed by atoms with Crippen molar-refractivity contribution in [3.05, 3.63) is 107 Å². The third-order valence-corrected chi connectivity index (χ3v) is 5.56. The van der Waals surface area contributed by atoms with Crippen LogP contribution in [0.2, 0.25) is 0 Å². The first-order valence-electron chi connectivity index (χ1n) is 9.53. The molecule has 0 saturated heterocycles. The van der Waals surface area contributed by atoms with Gasteiger partial charge in [0.25, 0.3) is 0 Å². The average Bonchev–Trinajstić information content (AvgIpc) is 3.35. The summed E-state index contributed by atoms with van der Waals surface area (Å²) in [5.41, 5.74) is 1.82. The molecule has 156 valence electrons. The van der Waals surface area contributed by atoms with Crippen LogP contribution in [0.25, 0.3) is 21.8 Å². The van der Waals surface area contributed by atoms with Crippen molar-refractivity contribution in [2.45, 2.75) is 12.1 Å². The van der Waals surface area contributed by atoms with Crippen LogP contribution >= 0.6 is 0 Å². The van der Waals surface area contributed by atoms with E-state index < -0.39 is 29.3 Å². The van der Waals surface area contributed by atoms with Gasteiger partial charge in [-0.1, -0.05) is 24.3 Å². The second-order valence-corrected chi connectivity index (χ2v) is 7.37. The third kappa shape index (κ3) is 3.17. The largest absolute Gasteiger partial charge is 0.416 e. The van der Waals surface area contributed by atoms with Crippen LogP contribution in [0.1, 0.15) is 28.2 Å². The van der Waals surface area contributed by atoms with E-state index in [0.717, 1.165) is 12.1 Å². The summed E-state index contributed by atoms with van der Waals surface area (Å²) in [5, 5.41) is 0.635. The van der Waals surface area contributed by atoms with Gasteiger partial charge < -0.3 is 9.97 Å². The van der Waals surface area contributed by atoms with Gasteiger partial charge in [-0.3, -0.25) is 0 Å². The lowest BCUT2D eigenvalue weighted by Crippen LogP contribution is -2.07. The van der Waals surface area contributed by atoms with Gasteiger partial charge in [0.05, 0.1) is 5.56 Å². The summed E-state index contributed by atoms with van der Waals surface area (Å²) in [6.45, 7) is 0. The molecule has 0 aliphatic carbocycles. The van der Waals surface area contributed by atoms with Crippen molar-refractivity contribution in [3.63, 3.8) is 0 Å². The first kappa shape index (κ1) is 19.4. The maximum atomic E-state index is 14.8. The standard InChI is InChI=1S/C24H15F5N2/c25-17-3-1-5-19-22(17)15(11-30-19)21(13-7-9-14(10-8-13)24(27,28)29)16-12-31-20-6-2-4-18(26)23(16)20/h1-12,21,30-31H. The number of halogens is 5. The molecule has 0 saturated carbocycles. The molecule has 2 N–H and O–H groups in total. The van der Waals surface area contributed by atoms with E-state index in [4.69, 9.17) is 0 Å². The molecule has 0 fully saturated rings. The molecule has 0 atom stereocenters. The molecule has 0 bridgehead atoms. The molecule has 0 amide bonds. The summed E-state index contributed by atoms with van der Waals surface area (Å²) >= 11 is 0. The summed E-state index contributed by atoms with van der Waals surface area (Å²) in [6, 6.07) is 13.9. The molecule has 5 aromatic rings. The van der Waals surface area contributed by atoms with Gasteiger partial charge in [-0.25, -0.2) is 8.78 Å². The van der Waals surface area contributed by atoms with Crippen molar-refractivity contribution in [2.75, 3.05) is 0 Å². The highest BCUT2D eigenvalue weighted by Crippen LogP contribution is 2.41. The van der Waals surface area contributed by atoms with E-state index in [9.17, 15) is 22.0 Å². The second-order valence-electron chi connectivity index (χ2n) is 7.37. The first-order chi connectivity index (χ1) is 14.8. The Bertz CT molecular complexity index is 1310. The molecule has 31 heavy (non-hydrogen) atoms. The molecule has 2 heterocycles. The number of hydrogen-bond acceptors (Lipinski definition) is 0. The Morgan fingerprint density at radius 1 is 0.645 bits per heavy atom. The Balaban J connectivity index is 1.79. The average molecular weight is 426 g/mol. The lowest BCUT2D eigenvalue weighted by molar-refractivity contribution is -0.137. The second kappa shape index (κ2) is 6.97. The van der Waals surface area contributed by atoms with Crippen molar-refractivity contribution in [1.29, 1.82) is 0 Å². The minimum Gasteiger partial charge on any atom is -0.361 e. The van der Waals surface area contributed by atoms with Crippen LogP contribution in [-0.2, 0) is 6.18 Å². The lowest BCUT2D eigenvalue weighted by atomic mass is 9.84. The maximum absolute atomic E-state index is 14.8. The quantitative estimate of drug-likeness (QED) is 0.288. The highest BCUT2D eigenvalue weighted by atomic mass is 19.4. The zero-order valence-electron chi connectivity index (χ0n) is 15.9. The summed E-state index contributed by atoms with van der Waals surface area (Å²) in [6.07, 6.45) is -1.24. The normalized spacial score (nSPS) is 12.3. The minimum absolute atomic E-state index is 0.318. The topological polar surface area (TPSA) is 31.6 Å². The van der Waals surface area contributed by atoms with Crippen molar-refractivity contribution < 1.29 is 22.0 Å². The van der Waals surface area contributed by atoms with Crippen LogP contribution in [0.5, 0.6) is 0 Å². The third-order valence-electron chi connectivity index (χ3n) is 5.56. The molecular formula is C24H15F5N2. The van der Waals surface area contributed by atoms with E-state index in [0.29, 0.717) is 38.5 Å². The number of benzene rings is 3. The van der Waals surface area contributed by atoms with Crippen LogP contribution < -0.4 is 0 Å². The molecule has 2 aromatic heterocycles. The van der Waals surface area contributed by atoms with Crippen LogP contribution in [0, 0.1) is 11.6 Å². The fourth-order valence-electron chi connectivity index (χ4n) is 4.18. The zero-order chi connectivity index (χ0) is 21.8. The Hall–Kier alpha value is -3.61. The van der Waals surface area contributed by atoms with Gasteiger partial charge in [0.2, 0.25) is 0 Å². The van der Waals surface area contributed by atoms with Crippen LogP contribution in [0.4, 0.5) is 22.0 Å². The van der Waals surface area contributed by atoms with Crippen LogP contribution in [-0.4, -0.2) is 9.97 Å². The molecule has 0 spiro atoms. The van der Waals surface area contributed by atoms with Gasteiger partial charge in [-0.15, -0.1) is 0 Å². The molecule has 0 unspecified atom stereocenters.